The number of nitrogens with zero attached hydrogens (tertiary/aromatic N) is 1. The average molecular weight is 386 g/mol. The zero-order valence-corrected chi connectivity index (χ0v) is 15.4. The molecule has 0 bridgehead atoms. The highest BCUT2D eigenvalue weighted by Crippen LogP contribution is 2.30. The smallest absolute Gasteiger partial charge is 0.363 e. The molecule has 0 saturated heterocycles. The molecule has 6 nitrogen and oxygen atoms in total. The summed E-state index contributed by atoms with van der Waals surface area (Å²) in [4.78, 5) is 27.6. The van der Waals surface area contributed by atoms with Gasteiger partial charge < -0.3 is 14.2 Å². The predicted molar refractivity (Wildman–Crippen MR) is 101 cm³/mol. The molecular formula is C20H16ClNO5. The summed E-state index contributed by atoms with van der Waals surface area (Å²) in [5.74, 6) is -0.115. The van der Waals surface area contributed by atoms with Crippen molar-refractivity contribution in [2.24, 2.45) is 4.99 Å². The van der Waals surface area contributed by atoms with E-state index in [9.17, 15) is 9.59 Å². The maximum Gasteiger partial charge on any atom is 0.363 e. The van der Waals surface area contributed by atoms with Gasteiger partial charge in [-0.2, -0.15) is 0 Å². The Labute approximate surface area is 161 Å². The second-order valence-corrected chi connectivity index (χ2v) is 6.02. The van der Waals surface area contributed by atoms with Crippen LogP contribution >= 0.6 is 11.6 Å². The number of ether oxygens (including phenoxy) is 3. The second kappa shape index (κ2) is 8.05. The quantitative estimate of drug-likeness (QED) is 0.441. The van der Waals surface area contributed by atoms with Gasteiger partial charge >= 0.3 is 11.9 Å². The molecule has 0 fully saturated rings. The van der Waals surface area contributed by atoms with Crippen molar-refractivity contribution in [1.82, 2.24) is 0 Å². The summed E-state index contributed by atoms with van der Waals surface area (Å²) in [7, 11) is 0. The number of aliphatic imine (C=N–C) groups is 1. The van der Waals surface area contributed by atoms with Crippen LogP contribution in [-0.2, 0) is 14.3 Å². The number of cyclic esters (lactones) is 1. The van der Waals surface area contributed by atoms with Gasteiger partial charge in [-0.3, -0.25) is 4.79 Å². The first-order valence-electron chi connectivity index (χ1n) is 8.20. The maximum atomic E-state index is 12.1. The van der Waals surface area contributed by atoms with Crippen LogP contribution in [0.5, 0.6) is 11.5 Å². The number of carbonyl (C=O) groups is 2. The van der Waals surface area contributed by atoms with Crippen LogP contribution in [0.15, 0.2) is 53.2 Å². The van der Waals surface area contributed by atoms with Crippen LogP contribution in [0.2, 0.25) is 5.02 Å². The van der Waals surface area contributed by atoms with Crippen molar-refractivity contribution in [1.29, 1.82) is 0 Å². The van der Waals surface area contributed by atoms with E-state index in [1.807, 2.05) is 6.92 Å². The number of benzene rings is 2. The van der Waals surface area contributed by atoms with E-state index in [0.29, 0.717) is 34.3 Å². The summed E-state index contributed by atoms with van der Waals surface area (Å²) in [6.45, 7) is 3.53. The largest absolute Gasteiger partial charge is 0.490 e. The Hall–Kier alpha value is -3.12. The summed E-state index contributed by atoms with van der Waals surface area (Å²) in [6, 6.07) is 11.8. The molecule has 2 aromatic rings. The van der Waals surface area contributed by atoms with Crippen LogP contribution < -0.4 is 9.47 Å². The van der Waals surface area contributed by atoms with Gasteiger partial charge in [-0.1, -0.05) is 23.7 Å². The van der Waals surface area contributed by atoms with Gasteiger partial charge in [0, 0.05) is 17.5 Å². The molecule has 0 aliphatic carbocycles. The van der Waals surface area contributed by atoms with Crippen LogP contribution in [0.3, 0.4) is 0 Å². The third kappa shape index (κ3) is 4.54. The maximum absolute atomic E-state index is 12.1. The Kier molecular flexibility index (Phi) is 5.57. The predicted octanol–water partition coefficient (Wildman–Crippen LogP) is 4.01. The van der Waals surface area contributed by atoms with E-state index in [1.165, 1.54) is 6.92 Å². The van der Waals surface area contributed by atoms with E-state index in [0.717, 1.165) is 0 Å². The van der Waals surface area contributed by atoms with Gasteiger partial charge in [0.15, 0.2) is 17.2 Å². The fraction of sp³-hybridized carbons (Fsp3) is 0.150. The molecule has 0 N–H and O–H groups in total. The van der Waals surface area contributed by atoms with E-state index < -0.39 is 11.9 Å². The van der Waals surface area contributed by atoms with Gasteiger partial charge in [-0.05, 0) is 48.9 Å². The molecule has 3 rings (SSSR count). The van der Waals surface area contributed by atoms with Crippen molar-refractivity contribution in [2.45, 2.75) is 13.8 Å². The third-order valence-corrected chi connectivity index (χ3v) is 3.75. The third-order valence-electron chi connectivity index (χ3n) is 3.52. The van der Waals surface area contributed by atoms with Gasteiger partial charge in [0.25, 0.3) is 0 Å². The normalized spacial score (nSPS) is 14.7. The van der Waals surface area contributed by atoms with E-state index in [-0.39, 0.29) is 11.6 Å². The van der Waals surface area contributed by atoms with Gasteiger partial charge in [0.2, 0.25) is 5.90 Å². The van der Waals surface area contributed by atoms with E-state index in [4.69, 9.17) is 25.8 Å². The van der Waals surface area contributed by atoms with Crippen molar-refractivity contribution in [3.8, 4) is 11.5 Å². The lowest BCUT2D eigenvalue weighted by atomic mass is 10.1. The molecule has 0 aromatic heterocycles. The Bertz CT molecular complexity index is 965. The van der Waals surface area contributed by atoms with Crippen LogP contribution in [0.25, 0.3) is 6.08 Å². The summed E-state index contributed by atoms with van der Waals surface area (Å²) >= 11 is 5.96. The molecule has 0 radical (unpaired) electrons. The molecule has 7 heteroatoms. The molecule has 1 aliphatic heterocycles. The number of rotatable bonds is 5. The standard InChI is InChI=1S/C20H16ClNO5/c1-3-25-18-10-13(7-8-17(18)26-12(2)23)9-16-20(24)27-19(22-16)14-5-4-6-15(21)11-14/h4-11H,3H2,1-2H3. The fourth-order valence-electron chi connectivity index (χ4n) is 2.43. The summed E-state index contributed by atoms with van der Waals surface area (Å²) in [5.41, 5.74) is 1.41. The zero-order chi connectivity index (χ0) is 19.4. The number of hydrogen-bond donors (Lipinski definition) is 0. The lowest BCUT2D eigenvalue weighted by Crippen LogP contribution is -2.05. The number of carbonyl (C=O) groups excluding carboxylic acids is 2. The number of halogens is 1. The highest BCUT2D eigenvalue weighted by molar-refractivity contribution is 6.31. The van der Waals surface area contributed by atoms with Crippen molar-refractivity contribution in [3.63, 3.8) is 0 Å². The molecule has 138 valence electrons. The minimum Gasteiger partial charge on any atom is -0.490 e. The van der Waals surface area contributed by atoms with Gasteiger partial charge in [-0.15, -0.1) is 0 Å². The molecule has 1 aliphatic rings. The highest BCUT2D eigenvalue weighted by Gasteiger charge is 2.24. The Balaban J connectivity index is 1.92. The molecule has 0 atom stereocenters. The summed E-state index contributed by atoms with van der Waals surface area (Å²) < 4.78 is 15.8. The van der Waals surface area contributed by atoms with Crippen LogP contribution in [0, 0.1) is 0 Å². The summed E-state index contributed by atoms with van der Waals surface area (Å²) in [6.07, 6.45) is 1.57. The van der Waals surface area contributed by atoms with Crippen molar-refractivity contribution >= 4 is 35.5 Å². The fourth-order valence-corrected chi connectivity index (χ4v) is 2.62. The number of esters is 2. The number of hydrogen-bond acceptors (Lipinski definition) is 6. The van der Waals surface area contributed by atoms with E-state index in [2.05, 4.69) is 4.99 Å². The first kappa shape index (κ1) is 18.7. The van der Waals surface area contributed by atoms with E-state index in [1.54, 1.807) is 48.5 Å². The van der Waals surface area contributed by atoms with Gasteiger partial charge in [-0.25, -0.2) is 9.79 Å². The molecular weight excluding hydrogens is 370 g/mol. The monoisotopic (exact) mass is 385 g/mol. The minimum atomic E-state index is -0.563. The molecule has 0 spiro atoms. The van der Waals surface area contributed by atoms with Crippen LogP contribution in [0.4, 0.5) is 0 Å². The Morgan fingerprint density at radius 2 is 2.04 bits per heavy atom. The minimum absolute atomic E-state index is 0.146. The Morgan fingerprint density at radius 1 is 1.22 bits per heavy atom. The molecule has 1 heterocycles. The molecule has 0 amide bonds. The summed E-state index contributed by atoms with van der Waals surface area (Å²) in [5, 5.41) is 0.520. The molecule has 0 unspecified atom stereocenters. The molecule has 2 aromatic carbocycles. The Morgan fingerprint density at radius 3 is 2.74 bits per heavy atom. The zero-order valence-electron chi connectivity index (χ0n) is 14.7. The van der Waals surface area contributed by atoms with Crippen molar-refractivity contribution < 1.29 is 23.8 Å². The highest BCUT2D eigenvalue weighted by atomic mass is 35.5. The average Bonchev–Trinajstić information content (AvgIpc) is 2.98. The lowest BCUT2D eigenvalue weighted by molar-refractivity contribution is -0.132. The second-order valence-electron chi connectivity index (χ2n) is 5.58. The molecule has 27 heavy (non-hydrogen) atoms. The van der Waals surface area contributed by atoms with Gasteiger partial charge in [0.1, 0.15) is 0 Å². The van der Waals surface area contributed by atoms with Crippen LogP contribution in [-0.4, -0.2) is 24.4 Å². The van der Waals surface area contributed by atoms with E-state index >= 15 is 0 Å². The van der Waals surface area contributed by atoms with Crippen molar-refractivity contribution in [2.75, 3.05) is 6.61 Å². The van der Waals surface area contributed by atoms with Crippen LogP contribution in [0.1, 0.15) is 25.0 Å². The first-order valence-corrected chi connectivity index (χ1v) is 8.58. The van der Waals surface area contributed by atoms with Gasteiger partial charge in [0.05, 0.1) is 6.61 Å². The van der Waals surface area contributed by atoms with Crippen molar-refractivity contribution in [3.05, 3.63) is 64.3 Å². The SMILES string of the molecule is CCOc1cc(C=C2N=C(c3cccc(Cl)c3)OC2=O)ccc1OC(C)=O. The topological polar surface area (TPSA) is 74.2 Å². The first-order chi connectivity index (χ1) is 13.0. The lowest BCUT2D eigenvalue weighted by Gasteiger charge is -2.10. The molecule has 0 saturated carbocycles.